The summed E-state index contributed by atoms with van der Waals surface area (Å²) in [5.41, 5.74) is 5.94. The maximum Gasteiger partial charge on any atom is 0.435 e. The number of rotatable bonds is 0. The SMILES string of the molecule is CC(C)(C)OC(=O)n1cc(C(C)(C)C)c(N)n1. The van der Waals surface area contributed by atoms with Crippen LogP contribution in [-0.2, 0) is 10.2 Å². The molecule has 0 aliphatic heterocycles. The summed E-state index contributed by atoms with van der Waals surface area (Å²) in [6.07, 6.45) is 1.11. The molecule has 5 heteroatoms. The topological polar surface area (TPSA) is 70.1 Å². The summed E-state index contributed by atoms with van der Waals surface area (Å²) in [5, 5.41) is 3.98. The predicted molar refractivity (Wildman–Crippen MR) is 67.0 cm³/mol. The van der Waals surface area contributed by atoms with Gasteiger partial charge in [-0.2, -0.15) is 4.68 Å². The van der Waals surface area contributed by atoms with Gasteiger partial charge in [-0.3, -0.25) is 0 Å². The molecule has 96 valence electrons. The number of hydrogen-bond donors (Lipinski definition) is 1. The van der Waals surface area contributed by atoms with Crippen LogP contribution < -0.4 is 5.73 Å². The number of aromatic nitrogens is 2. The highest BCUT2D eigenvalue weighted by Crippen LogP contribution is 2.26. The van der Waals surface area contributed by atoms with Gasteiger partial charge < -0.3 is 10.5 Å². The fourth-order valence-electron chi connectivity index (χ4n) is 1.37. The van der Waals surface area contributed by atoms with Crippen LogP contribution in [0.4, 0.5) is 10.6 Å². The molecule has 17 heavy (non-hydrogen) atoms. The third-order valence-electron chi connectivity index (χ3n) is 2.13. The van der Waals surface area contributed by atoms with Crippen molar-refractivity contribution in [2.45, 2.75) is 52.6 Å². The van der Waals surface area contributed by atoms with Crippen molar-refractivity contribution in [2.75, 3.05) is 5.73 Å². The number of nitrogens with zero attached hydrogens (tertiary/aromatic N) is 2. The van der Waals surface area contributed by atoms with E-state index in [1.807, 2.05) is 41.5 Å². The van der Waals surface area contributed by atoms with Crippen molar-refractivity contribution in [1.82, 2.24) is 9.78 Å². The second-order valence-corrected chi connectivity index (χ2v) is 6.10. The van der Waals surface area contributed by atoms with E-state index in [-0.39, 0.29) is 5.41 Å². The Morgan fingerprint density at radius 3 is 2.18 bits per heavy atom. The minimum Gasteiger partial charge on any atom is -0.442 e. The maximum atomic E-state index is 11.8. The Labute approximate surface area is 102 Å². The fraction of sp³-hybridized carbons (Fsp3) is 0.667. The van der Waals surface area contributed by atoms with E-state index in [9.17, 15) is 4.79 Å². The molecule has 1 rings (SSSR count). The average molecular weight is 239 g/mol. The second kappa shape index (κ2) is 4.05. The molecule has 0 saturated heterocycles. The van der Waals surface area contributed by atoms with Crippen molar-refractivity contribution in [3.05, 3.63) is 11.8 Å². The van der Waals surface area contributed by atoms with Crippen LogP contribution in [0.15, 0.2) is 6.20 Å². The van der Waals surface area contributed by atoms with Crippen LogP contribution in [-0.4, -0.2) is 21.5 Å². The van der Waals surface area contributed by atoms with Gasteiger partial charge in [-0.15, -0.1) is 5.10 Å². The van der Waals surface area contributed by atoms with Gasteiger partial charge in [0.25, 0.3) is 0 Å². The Hall–Kier alpha value is -1.52. The molecule has 5 nitrogen and oxygen atoms in total. The molecule has 0 aromatic carbocycles. The molecule has 0 radical (unpaired) electrons. The first-order valence-corrected chi connectivity index (χ1v) is 5.60. The zero-order valence-electron chi connectivity index (χ0n) is 11.4. The van der Waals surface area contributed by atoms with Crippen LogP contribution in [0.3, 0.4) is 0 Å². The van der Waals surface area contributed by atoms with Crippen molar-refractivity contribution >= 4 is 11.9 Å². The number of nitrogens with two attached hydrogens (primary N) is 1. The van der Waals surface area contributed by atoms with E-state index in [0.29, 0.717) is 5.82 Å². The molecular formula is C12H21N3O2. The minimum atomic E-state index is -0.542. The molecule has 2 N–H and O–H groups in total. The summed E-state index contributed by atoms with van der Waals surface area (Å²) < 4.78 is 6.36. The molecule has 0 aliphatic rings. The molecule has 0 fully saturated rings. The Bertz CT molecular complexity index is 422. The lowest BCUT2D eigenvalue weighted by Gasteiger charge is -2.19. The summed E-state index contributed by atoms with van der Waals surface area (Å²) in [6, 6.07) is 0. The van der Waals surface area contributed by atoms with Crippen LogP contribution >= 0.6 is 0 Å². The van der Waals surface area contributed by atoms with Gasteiger partial charge in [0.15, 0.2) is 0 Å². The highest BCUT2D eigenvalue weighted by Gasteiger charge is 2.24. The number of hydrogen-bond acceptors (Lipinski definition) is 4. The third-order valence-corrected chi connectivity index (χ3v) is 2.13. The van der Waals surface area contributed by atoms with E-state index >= 15 is 0 Å². The number of nitrogen functional groups attached to an aromatic ring is 1. The Morgan fingerprint density at radius 1 is 1.29 bits per heavy atom. The predicted octanol–water partition coefficient (Wildman–Crippen LogP) is 2.55. The standard InChI is InChI=1S/C12H21N3O2/c1-11(2,3)8-7-15(14-9(8)13)10(16)17-12(4,5)6/h7H,1-6H3,(H2,13,14). The normalized spacial score (nSPS) is 12.6. The van der Waals surface area contributed by atoms with E-state index in [1.54, 1.807) is 6.20 Å². The van der Waals surface area contributed by atoms with Gasteiger partial charge in [-0.1, -0.05) is 20.8 Å². The second-order valence-electron chi connectivity index (χ2n) is 6.10. The van der Waals surface area contributed by atoms with Crippen molar-refractivity contribution in [2.24, 2.45) is 0 Å². The Balaban J connectivity index is 2.99. The molecular weight excluding hydrogens is 218 g/mol. The largest absolute Gasteiger partial charge is 0.442 e. The quantitative estimate of drug-likeness (QED) is 0.755. The van der Waals surface area contributed by atoms with Gasteiger partial charge in [0.2, 0.25) is 0 Å². The van der Waals surface area contributed by atoms with Crippen LogP contribution in [0.1, 0.15) is 47.1 Å². The summed E-state index contributed by atoms with van der Waals surface area (Å²) in [4.78, 5) is 11.8. The molecule has 0 saturated carbocycles. The fourth-order valence-corrected chi connectivity index (χ4v) is 1.37. The summed E-state index contributed by atoms with van der Waals surface area (Å²) in [5.74, 6) is 0.364. The lowest BCUT2D eigenvalue weighted by Crippen LogP contribution is -2.27. The highest BCUT2D eigenvalue weighted by atomic mass is 16.6. The Morgan fingerprint density at radius 2 is 1.82 bits per heavy atom. The molecule has 0 bridgehead atoms. The molecule has 1 heterocycles. The van der Waals surface area contributed by atoms with Crippen LogP contribution in [0, 0.1) is 0 Å². The molecule has 0 amide bonds. The van der Waals surface area contributed by atoms with Gasteiger partial charge in [0, 0.05) is 11.8 Å². The van der Waals surface area contributed by atoms with Crippen LogP contribution in [0.5, 0.6) is 0 Å². The van der Waals surface area contributed by atoms with Crippen molar-refractivity contribution < 1.29 is 9.53 Å². The first-order valence-electron chi connectivity index (χ1n) is 5.60. The lowest BCUT2D eigenvalue weighted by molar-refractivity contribution is 0.0515. The van der Waals surface area contributed by atoms with Gasteiger partial charge in [-0.25, -0.2) is 4.79 Å². The van der Waals surface area contributed by atoms with E-state index in [4.69, 9.17) is 10.5 Å². The Kier molecular flexibility index (Phi) is 3.23. The monoisotopic (exact) mass is 239 g/mol. The number of carbonyl (C=O) groups excluding carboxylic acids is 1. The molecule has 0 unspecified atom stereocenters. The molecule has 0 spiro atoms. The van der Waals surface area contributed by atoms with Crippen LogP contribution in [0.25, 0.3) is 0 Å². The number of anilines is 1. The molecule has 0 atom stereocenters. The first-order chi connectivity index (χ1) is 7.50. The number of ether oxygens (including phenoxy) is 1. The summed E-state index contributed by atoms with van der Waals surface area (Å²) >= 11 is 0. The van der Waals surface area contributed by atoms with Gasteiger partial charge in [0.05, 0.1) is 0 Å². The van der Waals surface area contributed by atoms with E-state index in [2.05, 4.69) is 5.10 Å². The van der Waals surface area contributed by atoms with Gasteiger partial charge >= 0.3 is 6.09 Å². The number of carbonyl (C=O) groups is 1. The van der Waals surface area contributed by atoms with Gasteiger partial charge in [0.1, 0.15) is 11.4 Å². The molecule has 1 aromatic rings. The minimum absolute atomic E-state index is 0.148. The first kappa shape index (κ1) is 13.5. The zero-order valence-corrected chi connectivity index (χ0v) is 11.4. The summed E-state index contributed by atoms with van der Waals surface area (Å²) in [7, 11) is 0. The molecule has 1 aromatic heterocycles. The molecule has 0 aliphatic carbocycles. The third kappa shape index (κ3) is 3.47. The average Bonchev–Trinajstić information content (AvgIpc) is 2.42. The van der Waals surface area contributed by atoms with Crippen LogP contribution in [0.2, 0.25) is 0 Å². The van der Waals surface area contributed by atoms with E-state index in [1.165, 1.54) is 0 Å². The lowest BCUT2D eigenvalue weighted by atomic mass is 9.89. The zero-order chi connectivity index (χ0) is 13.4. The summed E-state index contributed by atoms with van der Waals surface area (Å²) in [6.45, 7) is 11.5. The smallest absolute Gasteiger partial charge is 0.435 e. The van der Waals surface area contributed by atoms with Crippen molar-refractivity contribution in [1.29, 1.82) is 0 Å². The van der Waals surface area contributed by atoms with E-state index in [0.717, 1.165) is 10.2 Å². The van der Waals surface area contributed by atoms with Crippen molar-refractivity contribution in [3.8, 4) is 0 Å². The van der Waals surface area contributed by atoms with Crippen molar-refractivity contribution in [3.63, 3.8) is 0 Å². The van der Waals surface area contributed by atoms with Gasteiger partial charge in [-0.05, 0) is 26.2 Å². The van der Waals surface area contributed by atoms with E-state index < -0.39 is 11.7 Å². The highest BCUT2D eigenvalue weighted by molar-refractivity contribution is 5.71. The maximum absolute atomic E-state index is 11.8.